The average Bonchev–Trinajstić information content (AvgIpc) is 2.84. The Morgan fingerprint density at radius 2 is 1.63 bits per heavy atom. The van der Waals surface area contributed by atoms with Gasteiger partial charge in [-0.2, -0.15) is 0 Å². The summed E-state index contributed by atoms with van der Waals surface area (Å²) in [4.78, 5) is 1.09. The largest absolute Gasteiger partial charge is 0.396 e. The SMILES string of the molecule is OCC(CO)(Cc1ccccc1)Cc1ccc(Cl)s1. The smallest absolute Gasteiger partial charge is 0.0931 e. The number of aliphatic hydroxyl groups is 2. The molecule has 0 spiro atoms. The van der Waals surface area contributed by atoms with Gasteiger partial charge in [-0.25, -0.2) is 0 Å². The molecule has 102 valence electrons. The first kappa shape index (κ1) is 14.5. The summed E-state index contributed by atoms with van der Waals surface area (Å²) < 4.78 is 0.736. The number of hydrogen-bond acceptors (Lipinski definition) is 3. The van der Waals surface area contributed by atoms with Crippen LogP contribution in [-0.2, 0) is 12.8 Å². The molecular formula is C15H17ClO2S. The molecule has 0 unspecified atom stereocenters. The second-order valence-corrected chi connectivity index (χ2v) is 6.66. The third-order valence-electron chi connectivity index (χ3n) is 3.27. The van der Waals surface area contributed by atoms with Gasteiger partial charge in [-0.3, -0.25) is 0 Å². The molecule has 1 aromatic carbocycles. The normalized spacial score (nSPS) is 11.7. The van der Waals surface area contributed by atoms with Gasteiger partial charge in [-0.05, 0) is 30.5 Å². The molecule has 0 aliphatic heterocycles. The fraction of sp³-hybridized carbons (Fsp3) is 0.333. The number of hydrogen-bond donors (Lipinski definition) is 2. The minimum Gasteiger partial charge on any atom is -0.396 e. The lowest BCUT2D eigenvalue weighted by atomic mass is 9.79. The Morgan fingerprint density at radius 3 is 2.16 bits per heavy atom. The molecule has 4 heteroatoms. The van der Waals surface area contributed by atoms with Crippen LogP contribution in [0.1, 0.15) is 10.4 Å². The van der Waals surface area contributed by atoms with Crippen LogP contribution in [0.25, 0.3) is 0 Å². The van der Waals surface area contributed by atoms with Crippen molar-refractivity contribution in [3.8, 4) is 0 Å². The quantitative estimate of drug-likeness (QED) is 0.860. The van der Waals surface area contributed by atoms with Crippen LogP contribution < -0.4 is 0 Å². The van der Waals surface area contributed by atoms with Crippen molar-refractivity contribution in [2.75, 3.05) is 13.2 Å². The van der Waals surface area contributed by atoms with Gasteiger partial charge in [-0.15, -0.1) is 11.3 Å². The summed E-state index contributed by atoms with van der Waals surface area (Å²) >= 11 is 7.43. The van der Waals surface area contributed by atoms with Crippen molar-refractivity contribution in [3.05, 3.63) is 57.2 Å². The van der Waals surface area contributed by atoms with E-state index >= 15 is 0 Å². The van der Waals surface area contributed by atoms with E-state index < -0.39 is 5.41 Å². The van der Waals surface area contributed by atoms with Crippen molar-refractivity contribution >= 4 is 22.9 Å². The van der Waals surface area contributed by atoms with Gasteiger partial charge in [0.25, 0.3) is 0 Å². The first-order valence-electron chi connectivity index (χ1n) is 6.17. The fourth-order valence-electron chi connectivity index (χ4n) is 2.18. The summed E-state index contributed by atoms with van der Waals surface area (Å²) in [5.41, 5.74) is 0.587. The second kappa shape index (κ2) is 6.53. The fourth-order valence-corrected chi connectivity index (χ4v) is 3.44. The van der Waals surface area contributed by atoms with Crippen molar-refractivity contribution in [2.45, 2.75) is 12.8 Å². The van der Waals surface area contributed by atoms with Crippen molar-refractivity contribution in [1.82, 2.24) is 0 Å². The molecule has 2 N–H and O–H groups in total. The first-order chi connectivity index (χ1) is 9.17. The Morgan fingerprint density at radius 1 is 0.947 bits per heavy atom. The summed E-state index contributed by atoms with van der Waals surface area (Å²) in [6.07, 6.45) is 1.28. The highest BCUT2D eigenvalue weighted by Crippen LogP contribution is 2.31. The van der Waals surface area contributed by atoms with Crippen molar-refractivity contribution in [2.24, 2.45) is 5.41 Å². The Balaban J connectivity index is 2.17. The zero-order chi connectivity index (χ0) is 13.7. The van der Waals surface area contributed by atoms with Gasteiger partial charge in [0.1, 0.15) is 0 Å². The molecule has 0 amide bonds. The molecule has 0 aliphatic carbocycles. The second-order valence-electron chi connectivity index (χ2n) is 4.86. The maximum absolute atomic E-state index is 9.72. The van der Waals surface area contributed by atoms with E-state index in [1.807, 2.05) is 42.5 Å². The molecule has 2 aromatic rings. The van der Waals surface area contributed by atoms with E-state index in [1.165, 1.54) is 11.3 Å². The summed E-state index contributed by atoms with van der Waals surface area (Å²) in [5, 5.41) is 19.4. The molecular weight excluding hydrogens is 280 g/mol. The molecule has 0 atom stereocenters. The third-order valence-corrected chi connectivity index (χ3v) is 4.50. The van der Waals surface area contributed by atoms with E-state index in [4.69, 9.17) is 11.6 Å². The minimum atomic E-state index is -0.532. The van der Waals surface area contributed by atoms with E-state index in [0.717, 1.165) is 14.8 Å². The van der Waals surface area contributed by atoms with E-state index in [1.54, 1.807) is 0 Å². The van der Waals surface area contributed by atoms with Crippen LogP contribution in [0.3, 0.4) is 0 Å². The molecule has 1 heterocycles. The van der Waals surface area contributed by atoms with Crippen LogP contribution in [-0.4, -0.2) is 23.4 Å². The van der Waals surface area contributed by atoms with Gasteiger partial charge < -0.3 is 10.2 Å². The Kier molecular flexibility index (Phi) is 4.99. The number of rotatable bonds is 6. The molecule has 0 fully saturated rings. The molecule has 0 radical (unpaired) electrons. The molecule has 0 saturated carbocycles. The van der Waals surface area contributed by atoms with Crippen LogP contribution in [0, 0.1) is 5.41 Å². The standard InChI is InChI=1S/C15H17ClO2S/c16-14-7-6-13(19-14)9-15(10-17,11-18)8-12-4-2-1-3-5-12/h1-7,17-18H,8-11H2. The van der Waals surface area contributed by atoms with Gasteiger partial charge >= 0.3 is 0 Å². The van der Waals surface area contributed by atoms with Gasteiger partial charge in [0.05, 0.1) is 17.6 Å². The highest BCUT2D eigenvalue weighted by Gasteiger charge is 2.30. The number of aliphatic hydroxyl groups excluding tert-OH is 2. The molecule has 1 aromatic heterocycles. The van der Waals surface area contributed by atoms with Gasteiger partial charge in [0.15, 0.2) is 0 Å². The van der Waals surface area contributed by atoms with Crippen molar-refractivity contribution in [1.29, 1.82) is 0 Å². The van der Waals surface area contributed by atoms with Gasteiger partial charge in [0, 0.05) is 10.3 Å². The number of thiophene rings is 1. The van der Waals surface area contributed by atoms with E-state index in [0.29, 0.717) is 12.8 Å². The number of benzene rings is 1. The number of halogens is 1. The minimum absolute atomic E-state index is 0.0477. The topological polar surface area (TPSA) is 40.5 Å². The first-order valence-corrected chi connectivity index (χ1v) is 7.37. The van der Waals surface area contributed by atoms with Crippen LogP contribution in [0.15, 0.2) is 42.5 Å². The lowest BCUT2D eigenvalue weighted by Gasteiger charge is -2.29. The molecule has 0 bridgehead atoms. The van der Waals surface area contributed by atoms with Crippen LogP contribution >= 0.6 is 22.9 Å². The average molecular weight is 297 g/mol. The van der Waals surface area contributed by atoms with Gasteiger partial charge in [0.2, 0.25) is 0 Å². The van der Waals surface area contributed by atoms with Gasteiger partial charge in [-0.1, -0.05) is 41.9 Å². The lowest BCUT2D eigenvalue weighted by molar-refractivity contribution is 0.0554. The highest BCUT2D eigenvalue weighted by atomic mass is 35.5. The Labute approximate surface area is 122 Å². The van der Waals surface area contributed by atoms with Crippen LogP contribution in [0.2, 0.25) is 4.34 Å². The molecule has 19 heavy (non-hydrogen) atoms. The van der Waals surface area contributed by atoms with E-state index in [9.17, 15) is 10.2 Å². The van der Waals surface area contributed by atoms with E-state index in [-0.39, 0.29) is 13.2 Å². The summed E-state index contributed by atoms with van der Waals surface area (Å²) in [5.74, 6) is 0. The zero-order valence-corrected chi connectivity index (χ0v) is 12.1. The van der Waals surface area contributed by atoms with Crippen molar-refractivity contribution < 1.29 is 10.2 Å². The lowest BCUT2D eigenvalue weighted by Crippen LogP contribution is -2.34. The zero-order valence-electron chi connectivity index (χ0n) is 10.6. The molecule has 2 nitrogen and oxygen atoms in total. The Hall–Kier alpha value is -0.870. The third kappa shape index (κ3) is 3.80. The molecule has 2 rings (SSSR count). The Bertz CT molecular complexity index is 506. The predicted octanol–water partition coefficient (Wildman–Crippen LogP) is 3.16. The maximum atomic E-state index is 9.72. The van der Waals surface area contributed by atoms with Crippen LogP contribution in [0.5, 0.6) is 0 Å². The van der Waals surface area contributed by atoms with Crippen molar-refractivity contribution in [3.63, 3.8) is 0 Å². The maximum Gasteiger partial charge on any atom is 0.0931 e. The molecule has 0 aliphatic rings. The summed E-state index contributed by atoms with van der Waals surface area (Å²) in [6.45, 7) is -0.0954. The highest BCUT2D eigenvalue weighted by molar-refractivity contribution is 7.16. The monoisotopic (exact) mass is 296 g/mol. The molecule has 0 saturated heterocycles. The predicted molar refractivity (Wildman–Crippen MR) is 79.8 cm³/mol. The summed E-state index contributed by atoms with van der Waals surface area (Å²) in [7, 11) is 0. The summed E-state index contributed by atoms with van der Waals surface area (Å²) in [6, 6.07) is 13.7. The van der Waals surface area contributed by atoms with E-state index in [2.05, 4.69) is 0 Å². The van der Waals surface area contributed by atoms with Crippen LogP contribution in [0.4, 0.5) is 0 Å².